The lowest BCUT2D eigenvalue weighted by atomic mass is 10.0. The van der Waals surface area contributed by atoms with Crippen LogP contribution in [0.25, 0.3) is 0 Å². The van der Waals surface area contributed by atoms with Gasteiger partial charge in [0.1, 0.15) is 5.75 Å². The van der Waals surface area contributed by atoms with Crippen molar-refractivity contribution in [3.05, 3.63) is 29.8 Å². The highest BCUT2D eigenvalue weighted by Crippen LogP contribution is 2.26. The number of rotatable bonds is 8. The molecule has 0 saturated heterocycles. The molecule has 1 aromatic carbocycles. The Bertz CT molecular complexity index is 371. The van der Waals surface area contributed by atoms with E-state index in [4.69, 9.17) is 0 Å². The average molecular weight is 271 g/mol. The Kier molecular flexibility index (Phi) is 6.78. The van der Waals surface area contributed by atoms with Gasteiger partial charge in [0.25, 0.3) is 0 Å². The molecule has 0 aliphatic carbocycles. The van der Waals surface area contributed by atoms with Crippen molar-refractivity contribution in [3.8, 4) is 5.75 Å². The SMILES string of the molecule is CCCCC(C)NC(C)c1ccccc1OC(F)F. The van der Waals surface area contributed by atoms with Gasteiger partial charge in [0.05, 0.1) is 0 Å². The summed E-state index contributed by atoms with van der Waals surface area (Å²) in [6, 6.07) is 7.28. The van der Waals surface area contributed by atoms with Crippen molar-refractivity contribution in [2.45, 2.75) is 58.7 Å². The first-order chi connectivity index (χ1) is 9.04. The van der Waals surface area contributed by atoms with E-state index in [1.165, 1.54) is 0 Å². The molecule has 0 aliphatic rings. The van der Waals surface area contributed by atoms with Crippen LogP contribution in [0.3, 0.4) is 0 Å². The number of hydrogen-bond acceptors (Lipinski definition) is 2. The molecule has 0 amide bonds. The van der Waals surface area contributed by atoms with Crippen molar-refractivity contribution in [3.63, 3.8) is 0 Å². The molecule has 1 rings (SSSR count). The molecule has 0 heterocycles. The van der Waals surface area contributed by atoms with Crippen molar-refractivity contribution in [1.29, 1.82) is 0 Å². The lowest BCUT2D eigenvalue weighted by Crippen LogP contribution is -2.29. The Hall–Kier alpha value is -1.16. The third kappa shape index (κ3) is 5.55. The van der Waals surface area contributed by atoms with Crippen LogP contribution in [0.5, 0.6) is 5.75 Å². The molecule has 2 unspecified atom stereocenters. The largest absolute Gasteiger partial charge is 0.434 e. The Morgan fingerprint density at radius 2 is 1.89 bits per heavy atom. The van der Waals surface area contributed by atoms with Gasteiger partial charge in [-0.05, 0) is 26.3 Å². The first kappa shape index (κ1) is 15.9. The highest BCUT2D eigenvalue weighted by Gasteiger charge is 2.15. The van der Waals surface area contributed by atoms with Crippen molar-refractivity contribution in [2.24, 2.45) is 0 Å². The van der Waals surface area contributed by atoms with Crippen molar-refractivity contribution >= 4 is 0 Å². The summed E-state index contributed by atoms with van der Waals surface area (Å²) in [6.07, 6.45) is 3.40. The van der Waals surface area contributed by atoms with Crippen LogP contribution in [0.15, 0.2) is 24.3 Å². The minimum atomic E-state index is -2.79. The van der Waals surface area contributed by atoms with Gasteiger partial charge in [-0.1, -0.05) is 38.0 Å². The first-order valence-electron chi connectivity index (χ1n) is 6.84. The number of benzene rings is 1. The van der Waals surface area contributed by atoms with Crippen molar-refractivity contribution < 1.29 is 13.5 Å². The molecule has 0 aliphatic heterocycles. The van der Waals surface area contributed by atoms with Crippen LogP contribution in [0.2, 0.25) is 0 Å². The van der Waals surface area contributed by atoms with Gasteiger partial charge in [-0.15, -0.1) is 0 Å². The monoisotopic (exact) mass is 271 g/mol. The number of hydrogen-bond donors (Lipinski definition) is 1. The summed E-state index contributed by atoms with van der Waals surface area (Å²) in [4.78, 5) is 0. The van der Waals surface area contributed by atoms with Crippen LogP contribution in [0.4, 0.5) is 8.78 Å². The molecule has 0 aromatic heterocycles. The zero-order valence-corrected chi connectivity index (χ0v) is 11.8. The lowest BCUT2D eigenvalue weighted by Gasteiger charge is -2.22. The van der Waals surface area contributed by atoms with Gasteiger partial charge in [0.2, 0.25) is 0 Å². The predicted octanol–water partition coefficient (Wildman–Crippen LogP) is 4.52. The number of para-hydroxylation sites is 1. The van der Waals surface area contributed by atoms with Gasteiger partial charge in [0.15, 0.2) is 0 Å². The summed E-state index contributed by atoms with van der Waals surface area (Å²) in [5.41, 5.74) is 0.770. The molecule has 0 radical (unpaired) electrons. The fraction of sp³-hybridized carbons (Fsp3) is 0.600. The third-order valence-corrected chi connectivity index (χ3v) is 3.13. The maximum Gasteiger partial charge on any atom is 0.387 e. The van der Waals surface area contributed by atoms with E-state index in [9.17, 15) is 8.78 Å². The van der Waals surface area contributed by atoms with E-state index in [0.29, 0.717) is 6.04 Å². The maximum absolute atomic E-state index is 12.4. The first-order valence-corrected chi connectivity index (χ1v) is 6.84. The van der Waals surface area contributed by atoms with Gasteiger partial charge in [0, 0.05) is 17.6 Å². The molecule has 2 atom stereocenters. The van der Waals surface area contributed by atoms with E-state index in [0.717, 1.165) is 24.8 Å². The molecule has 19 heavy (non-hydrogen) atoms. The zero-order valence-electron chi connectivity index (χ0n) is 11.8. The minimum Gasteiger partial charge on any atom is -0.434 e. The molecular weight excluding hydrogens is 248 g/mol. The van der Waals surface area contributed by atoms with Crippen LogP contribution in [-0.4, -0.2) is 12.7 Å². The smallest absolute Gasteiger partial charge is 0.387 e. The van der Waals surface area contributed by atoms with Crippen LogP contribution in [0, 0.1) is 0 Å². The fourth-order valence-corrected chi connectivity index (χ4v) is 2.15. The molecule has 0 spiro atoms. The van der Waals surface area contributed by atoms with Gasteiger partial charge in [-0.3, -0.25) is 0 Å². The molecule has 108 valence electrons. The topological polar surface area (TPSA) is 21.3 Å². The summed E-state index contributed by atoms with van der Waals surface area (Å²) in [7, 11) is 0. The van der Waals surface area contributed by atoms with Crippen LogP contribution in [-0.2, 0) is 0 Å². The fourth-order valence-electron chi connectivity index (χ4n) is 2.15. The molecular formula is C15H23F2NO. The third-order valence-electron chi connectivity index (χ3n) is 3.13. The molecule has 0 bridgehead atoms. The second-order valence-electron chi connectivity index (χ2n) is 4.85. The van der Waals surface area contributed by atoms with E-state index >= 15 is 0 Å². The summed E-state index contributed by atoms with van der Waals surface area (Å²) in [5.74, 6) is 0.250. The summed E-state index contributed by atoms with van der Waals surface area (Å²) in [6.45, 7) is 3.45. The Balaban J connectivity index is 2.67. The van der Waals surface area contributed by atoms with Crippen LogP contribution >= 0.6 is 0 Å². The summed E-state index contributed by atoms with van der Waals surface area (Å²) in [5, 5.41) is 3.42. The van der Waals surface area contributed by atoms with Crippen LogP contribution < -0.4 is 10.1 Å². The van der Waals surface area contributed by atoms with E-state index in [1.54, 1.807) is 12.1 Å². The second kappa shape index (κ2) is 8.10. The molecule has 1 aromatic rings. The number of alkyl halides is 2. The zero-order chi connectivity index (χ0) is 14.3. The highest BCUT2D eigenvalue weighted by molar-refractivity contribution is 5.35. The normalized spacial score (nSPS) is 14.4. The Labute approximate surface area is 114 Å². The molecule has 2 nitrogen and oxygen atoms in total. The molecule has 4 heteroatoms. The standard InChI is InChI=1S/C15H23F2NO/c1-4-5-8-11(2)18-12(3)13-9-6-7-10-14(13)19-15(16)17/h6-7,9-12,15,18H,4-5,8H2,1-3H3. The predicted molar refractivity (Wildman–Crippen MR) is 73.6 cm³/mol. The average Bonchev–Trinajstić information content (AvgIpc) is 2.36. The number of unbranched alkanes of at least 4 members (excludes halogenated alkanes) is 1. The lowest BCUT2D eigenvalue weighted by molar-refractivity contribution is -0.0506. The minimum absolute atomic E-state index is 0.0122. The van der Waals surface area contributed by atoms with E-state index in [2.05, 4.69) is 23.9 Å². The Morgan fingerprint density at radius 3 is 2.53 bits per heavy atom. The van der Waals surface area contributed by atoms with E-state index in [-0.39, 0.29) is 11.8 Å². The van der Waals surface area contributed by atoms with Crippen LogP contribution in [0.1, 0.15) is 51.6 Å². The number of ether oxygens (including phenoxy) is 1. The molecule has 0 fully saturated rings. The van der Waals surface area contributed by atoms with E-state index in [1.807, 2.05) is 19.1 Å². The summed E-state index contributed by atoms with van der Waals surface area (Å²) < 4.78 is 29.3. The van der Waals surface area contributed by atoms with Gasteiger partial charge in [-0.25, -0.2) is 0 Å². The highest BCUT2D eigenvalue weighted by atomic mass is 19.3. The van der Waals surface area contributed by atoms with Gasteiger partial charge < -0.3 is 10.1 Å². The van der Waals surface area contributed by atoms with Crippen molar-refractivity contribution in [1.82, 2.24) is 5.32 Å². The van der Waals surface area contributed by atoms with E-state index < -0.39 is 6.61 Å². The quantitative estimate of drug-likeness (QED) is 0.750. The van der Waals surface area contributed by atoms with Gasteiger partial charge >= 0.3 is 6.61 Å². The number of halogens is 2. The molecule has 1 N–H and O–H groups in total. The maximum atomic E-state index is 12.4. The second-order valence-corrected chi connectivity index (χ2v) is 4.85. The summed E-state index contributed by atoms with van der Waals surface area (Å²) >= 11 is 0. The number of nitrogens with one attached hydrogen (secondary N) is 1. The molecule has 0 saturated carbocycles. The van der Waals surface area contributed by atoms with Gasteiger partial charge in [-0.2, -0.15) is 8.78 Å². The Morgan fingerprint density at radius 1 is 1.21 bits per heavy atom. The van der Waals surface area contributed by atoms with Crippen molar-refractivity contribution in [2.75, 3.05) is 0 Å².